The maximum atomic E-state index is 12.2. The zero-order chi connectivity index (χ0) is 23.2. The minimum Gasteiger partial charge on any atom is -0.497 e. The van der Waals surface area contributed by atoms with Gasteiger partial charge in [0.25, 0.3) is 0 Å². The van der Waals surface area contributed by atoms with Crippen LogP contribution in [0.1, 0.15) is 11.5 Å². The monoisotopic (exact) mass is 448 g/mol. The maximum Gasteiger partial charge on any atom is 0.307 e. The summed E-state index contributed by atoms with van der Waals surface area (Å²) in [5, 5.41) is 21.2. The van der Waals surface area contributed by atoms with Crippen molar-refractivity contribution in [3.63, 3.8) is 0 Å². The number of anilines is 1. The average Bonchev–Trinajstić information content (AvgIpc) is 3.48. The molecule has 4 rings (SSSR count). The molecule has 0 unspecified atom stereocenters. The quantitative estimate of drug-likeness (QED) is 0.304. The smallest absolute Gasteiger partial charge is 0.307 e. The molecule has 0 spiro atoms. The Hall–Kier alpha value is -4.54. The number of methoxy groups -OCH3 is 1. The van der Waals surface area contributed by atoms with E-state index in [0.717, 1.165) is 29.5 Å². The summed E-state index contributed by atoms with van der Waals surface area (Å²) >= 11 is 0. The van der Waals surface area contributed by atoms with E-state index in [0.29, 0.717) is 23.8 Å². The Bertz CT molecular complexity index is 1250. The van der Waals surface area contributed by atoms with Crippen LogP contribution in [0.15, 0.2) is 65.4 Å². The Morgan fingerprint density at radius 3 is 2.58 bits per heavy atom. The molecule has 0 saturated carbocycles. The molecule has 1 N–H and O–H groups in total. The fourth-order valence-electron chi connectivity index (χ4n) is 3.10. The van der Waals surface area contributed by atoms with Crippen molar-refractivity contribution in [2.75, 3.05) is 12.4 Å². The second-order valence-corrected chi connectivity index (χ2v) is 7.14. The van der Waals surface area contributed by atoms with Gasteiger partial charge in [0, 0.05) is 17.7 Å². The molecule has 0 radical (unpaired) electrons. The zero-order valence-electron chi connectivity index (χ0n) is 17.7. The third kappa shape index (κ3) is 5.58. The first kappa shape index (κ1) is 21.7. The minimum atomic E-state index is -0.567. The van der Waals surface area contributed by atoms with Gasteiger partial charge in [0.05, 0.1) is 12.0 Å². The number of amides is 1. The van der Waals surface area contributed by atoms with Crippen molar-refractivity contribution in [3.8, 4) is 17.1 Å². The van der Waals surface area contributed by atoms with Gasteiger partial charge in [0.1, 0.15) is 24.7 Å². The Kier molecular flexibility index (Phi) is 6.39. The molecule has 0 aliphatic heterocycles. The first-order valence-electron chi connectivity index (χ1n) is 10.0. The minimum absolute atomic E-state index is 0.141. The fourth-order valence-corrected chi connectivity index (χ4v) is 3.10. The second-order valence-electron chi connectivity index (χ2n) is 7.14. The van der Waals surface area contributed by atoms with Crippen molar-refractivity contribution in [1.29, 1.82) is 0 Å². The number of hydrogen-bond donors (Lipinski definition) is 1. The van der Waals surface area contributed by atoms with Gasteiger partial charge in [0.2, 0.25) is 17.6 Å². The summed E-state index contributed by atoms with van der Waals surface area (Å²) in [7, 11) is 1.63. The molecule has 1 amide bonds. The number of nitrogens with zero attached hydrogens (tertiary/aromatic N) is 5. The van der Waals surface area contributed by atoms with Crippen LogP contribution in [0.2, 0.25) is 0 Å². The van der Waals surface area contributed by atoms with Crippen LogP contribution >= 0.6 is 0 Å². The summed E-state index contributed by atoms with van der Waals surface area (Å²) < 4.78 is 11.7. The van der Waals surface area contributed by atoms with E-state index in [-0.39, 0.29) is 18.1 Å². The summed E-state index contributed by atoms with van der Waals surface area (Å²) in [4.78, 5) is 26.7. The molecule has 0 aliphatic rings. The van der Waals surface area contributed by atoms with E-state index in [1.807, 2.05) is 24.3 Å². The summed E-state index contributed by atoms with van der Waals surface area (Å²) in [6.45, 7) is -0.141. The first-order valence-corrected chi connectivity index (χ1v) is 10.0. The number of aryl methyl sites for hydroxylation is 2. The van der Waals surface area contributed by atoms with Gasteiger partial charge >= 0.3 is 5.69 Å². The molecule has 0 bridgehead atoms. The van der Waals surface area contributed by atoms with Gasteiger partial charge < -0.3 is 14.6 Å². The van der Waals surface area contributed by atoms with E-state index in [4.69, 9.17) is 9.26 Å². The highest BCUT2D eigenvalue weighted by Crippen LogP contribution is 2.20. The highest BCUT2D eigenvalue weighted by atomic mass is 16.6. The van der Waals surface area contributed by atoms with Gasteiger partial charge in [-0.1, -0.05) is 17.3 Å². The summed E-state index contributed by atoms with van der Waals surface area (Å²) in [6, 6.07) is 14.8. The van der Waals surface area contributed by atoms with Gasteiger partial charge in [0.15, 0.2) is 0 Å². The molecular formula is C22H20N6O5. The molecule has 11 heteroatoms. The van der Waals surface area contributed by atoms with Crippen LogP contribution in [0, 0.1) is 10.1 Å². The van der Waals surface area contributed by atoms with E-state index in [9.17, 15) is 14.9 Å². The third-order valence-corrected chi connectivity index (χ3v) is 4.82. The lowest BCUT2D eigenvalue weighted by molar-refractivity contribution is -0.385. The highest BCUT2D eigenvalue weighted by molar-refractivity contribution is 5.90. The van der Waals surface area contributed by atoms with Crippen molar-refractivity contribution in [3.05, 3.63) is 82.5 Å². The van der Waals surface area contributed by atoms with Crippen molar-refractivity contribution in [1.82, 2.24) is 19.9 Å². The Morgan fingerprint density at radius 1 is 1.15 bits per heavy atom. The van der Waals surface area contributed by atoms with Crippen LogP contribution < -0.4 is 10.1 Å². The average molecular weight is 448 g/mol. The van der Waals surface area contributed by atoms with Crippen molar-refractivity contribution in [2.24, 2.45) is 0 Å². The molecule has 168 valence electrons. The van der Waals surface area contributed by atoms with Gasteiger partial charge in [-0.2, -0.15) is 10.1 Å². The molecular weight excluding hydrogens is 428 g/mol. The number of carbonyl (C=O) groups excluding carboxylic acids is 1. The highest BCUT2D eigenvalue weighted by Gasteiger charge is 2.12. The van der Waals surface area contributed by atoms with E-state index in [1.54, 1.807) is 31.4 Å². The predicted octanol–water partition coefficient (Wildman–Crippen LogP) is 3.27. The number of ether oxygens (including phenoxy) is 1. The van der Waals surface area contributed by atoms with Crippen LogP contribution in [-0.4, -0.2) is 37.9 Å². The van der Waals surface area contributed by atoms with Crippen molar-refractivity contribution < 1.29 is 19.0 Å². The summed E-state index contributed by atoms with van der Waals surface area (Å²) in [5.74, 6) is 1.44. The largest absolute Gasteiger partial charge is 0.497 e. The van der Waals surface area contributed by atoms with E-state index in [2.05, 4.69) is 20.6 Å². The Morgan fingerprint density at radius 2 is 1.91 bits per heavy atom. The van der Waals surface area contributed by atoms with Gasteiger partial charge in [-0.15, -0.1) is 0 Å². The molecule has 0 saturated heterocycles. The summed E-state index contributed by atoms with van der Waals surface area (Å²) in [6.07, 6.45) is 3.67. The van der Waals surface area contributed by atoms with E-state index >= 15 is 0 Å². The maximum absolute atomic E-state index is 12.2. The van der Waals surface area contributed by atoms with Gasteiger partial charge in [-0.05, 0) is 48.4 Å². The lowest BCUT2D eigenvalue weighted by atomic mass is 10.1. The molecule has 2 aromatic heterocycles. The van der Waals surface area contributed by atoms with Gasteiger partial charge in [-0.3, -0.25) is 19.6 Å². The molecule has 33 heavy (non-hydrogen) atoms. The predicted molar refractivity (Wildman–Crippen MR) is 118 cm³/mol. The molecule has 11 nitrogen and oxygen atoms in total. The van der Waals surface area contributed by atoms with E-state index in [1.165, 1.54) is 10.9 Å². The number of nitrogens with one attached hydrogen (secondary N) is 1. The molecule has 0 aliphatic carbocycles. The fraction of sp³-hybridized carbons (Fsp3) is 0.182. The zero-order valence-corrected chi connectivity index (χ0v) is 17.7. The molecule has 4 aromatic rings. The number of rotatable bonds is 9. The van der Waals surface area contributed by atoms with Crippen LogP contribution in [-0.2, 0) is 24.2 Å². The van der Waals surface area contributed by atoms with Crippen LogP contribution in [0.5, 0.6) is 5.75 Å². The number of benzene rings is 2. The molecule has 0 atom stereocenters. The standard InChI is InChI=1S/C22H20N6O5/c1-32-19-9-2-15(3-10-19)4-11-21-25-22(26-33-21)16-5-7-17(8-6-16)24-20(29)14-27-13-18(12-23-27)28(30)31/h2-3,5-10,12-13H,4,11,14H2,1H3,(H,24,29). The normalized spacial score (nSPS) is 10.7. The number of aromatic nitrogens is 4. The van der Waals surface area contributed by atoms with Crippen LogP contribution in [0.4, 0.5) is 11.4 Å². The third-order valence-electron chi connectivity index (χ3n) is 4.82. The van der Waals surface area contributed by atoms with E-state index < -0.39 is 4.92 Å². The molecule has 2 heterocycles. The molecule has 0 fully saturated rings. The van der Waals surface area contributed by atoms with Crippen LogP contribution in [0.3, 0.4) is 0 Å². The molecule has 2 aromatic carbocycles. The topological polar surface area (TPSA) is 138 Å². The van der Waals surface area contributed by atoms with Crippen molar-refractivity contribution in [2.45, 2.75) is 19.4 Å². The lowest BCUT2D eigenvalue weighted by Crippen LogP contribution is -2.18. The van der Waals surface area contributed by atoms with Gasteiger partial charge in [-0.25, -0.2) is 0 Å². The number of hydrogen-bond acceptors (Lipinski definition) is 8. The Labute approximate surface area is 188 Å². The number of carbonyl (C=O) groups is 1. The Balaban J connectivity index is 1.31. The summed E-state index contributed by atoms with van der Waals surface area (Å²) in [5.41, 5.74) is 2.28. The first-order chi connectivity index (χ1) is 16.0. The van der Waals surface area contributed by atoms with Crippen molar-refractivity contribution >= 4 is 17.3 Å². The second kappa shape index (κ2) is 9.73. The van der Waals surface area contributed by atoms with Crippen LogP contribution in [0.25, 0.3) is 11.4 Å². The lowest BCUT2D eigenvalue weighted by Gasteiger charge is -2.05. The SMILES string of the molecule is COc1ccc(CCc2nc(-c3ccc(NC(=O)Cn4cc([N+](=O)[O-])cn4)cc3)no2)cc1. The number of nitro groups is 1.